The van der Waals surface area contributed by atoms with E-state index in [0.717, 1.165) is 23.6 Å². The lowest BCUT2D eigenvalue weighted by atomic mass is 10.2. The van der Waals surface area contributed by atoms with E-state index >= 15 is 0 Å². The second-order valence-corrected chi connectivity index (χ2v) is 5.65. The van der Waals surface area contributed by atoms with Crippen LogP contribution in [0.15, 0.2) is 28.7 Å². The monoisotopic (exact) mass is 289 g/mol. The first-order chi connectivity index (χ1) is 10.1. The Bertz CT molecular complexity index is 632. The molecule has 0 radical (unpaired) electrons. The first-order valence-corrected chi connectivity index (χ1v) is 7.32. The molecule has 0 aliphatic heterocycles. The van der Waals surface area contributed by atoms with Gasteiger partial charge in [0.1, 0.15) is 29.7 Å². The van der Waals surface area contributed by atoms with Crippen LogP contribution in [0.2, 0.25) is 0 Å². The fourth-order valence-electron chi connectivity index (χ4n) is 2.30. The van der Waals surface area contributed by atoms with Crippen molar-refractivity contribution in [3.05, 3.63) is 52.7 Å². The molecule has 1 N–H and O–H groups in total. The molecule has 21 heavy (non-hydrogen) atoms. The van der Waals surface area contributed by atoms with Gasteiger partial charge in [0.15, 0.2) is 0 Å². The van der Waals surface area contributed by atoms with E-state index in [1.165, 1.54) is 30.5 Å². The molecular weight excluding hydrogens is 269 g/mol. The van der Waals surface area contributed by atoms with Gasteiger partial charge in [0.2, 0.25) is 0 Å². The maximum Gasteiger partial charge on any atom is 0.146 e. The summed E-state index contributed by atoms with van der Waals surface area (Å²) in [5.41, 5.74) is 1.96. The number of ether oxygens (including phenoxy) is 1. The van der Waals surface area contributed by atoms with Crippen molar-refractivity contribution in [2.24, 2.45) is 0 Å². The summed E-state index contributed by atoms with van der Waals surface area (Å²) in [5, 5.41) is 3.47. The lowest BCUT2D eigenvalue weighted by Gasteiger charge is -2.07. The van der Waals surface area contributed by atoms with Gasteiger partial charge in [0, 0.05) is 18.2 Å². The van der Waals surface area contributed by atoms with Crippen LogP contribution < -0.4 is 10.1 Å². The highest BCUT2D eigenvalue weighted by Gasteiger charge is 2.21. The molecule has 3 rings (SSSR count). The number of hydrogen-bond acceptors (Lipinski definition) is 3. The first-order valence-electron chi connectivity index (χ1n) is 7.32. The van der Waals surface area contributed by atoms with Crippen molar-refractivity contribution < 1.29 is 13.5 Å². The molecule has 0 saturated heterocycles. The van der Waals surface area contributed by atoms with Gasteiger partial charge in [-0.05, 0) is 56.5 Å². The number of hydrogen-bond donors (Lipinski definition) is 1. The number of halogens is 1. The van der Waals surface area contributed by atoms with Crippen LogP contribution in [0, 0.1) is 19.7 Å². The Labute approximate surface area is 124 Å². The smallest absolute Gasteiger partial charge is 0.146 e. The molecule has 4 heteroatoms. The maximum atomic E-state index is 13.0. The van der Waals surface area contributed by atoms with Crippen LogP contribution in [0.1, 0.15) is 35.5 Å². The fourth-order valence-corrected chi connectivity index (χ4v) is 2.30. The summed E-state index contributed by atoms with van der Waals surface area (Å²) in [6, 6.07) is 7.23. The number of aryl methyl sites for hydroxylation is 2. The molecule has 0 atom stereocenters. The summed E-state index contributed by atoms with van der Waals surface area (Å²) in [4.78, 5) is 0. The fraction of sp³-hybridized carbons (Fsp3) is 0.412. The molecule has 1 heterocycles. The lowest BCUT2D eigenvalue weighted by molar-refractivity contribution is 0.265. The highest BCUT2D eigenvalue weighted by Crippen LogP contribution is 2.23. The SMILES string of the molecule is Cc1cc(F)ccc1OCc1cc(CNC2CC2)c(C)o1. The standard InChI is InChI=1S/C17H20FNO2/c1-11-7-14(18)3-6-17(11)20-10-16-8-13(12(2)21-16)9-19-15-4-5-15/h3,6-8,15,19H,4-5,9-10H2,1-2H3. The van der Waals surface area contributed by atoms with Crippen LogP contribution in [-0.4, -0.2) is 6.04 Å². The van der Waals surface area contributed by atoms with Gasteiger partial charge >= 0.3 is 0 Å². The molecule has 0 unspecified atom stereocenters. The Balaban J connectivity index is 1.60. The molecule has 112 valence electrons. The predicted molar refractivity (Wildman–Crippen MR) is 78.8 cm³/mol. The summed E-state index contributed by atoms with van der Waals surface area (Å²) in [5.74, 6) is 2.16. The highest BCUT2D eigenvalue weighted by molar-refractivity contribution is 5.32. The third-order valence-electron chi connectivity index (χ3n) is 3.74. The summed E-state index contributed by atoms with van der Waals surface area (Å²) in [7, 11) is 0. The Morgan fingerprint density at radius 2 is 2.10 bits per heavy atom. The maximum absolute atomic E-state index is 13.0. The van der Waals surface area contributed by atoms with Crippen molar-refractivity contribution in [3.63, 3.8) is 0 Å². The molecule has 2 aromatic rings. The van der Waals surface area contributed by atoms with Gasteiger partial charge in [0.25, 0.3) is 0 Å². The number of nitrogens with one attached hydrogen (secondary N) is 1. The second kappa shape index (κ2) is 5.90. The number of benzene rings is 1. The van der Waals surface area contributed by atoms with Crippen molar-refractivity contribution >= 4 is 0 Å². The minimum atomic E-state index is -0.248. The Morgan fingerprint density at radius 1 is 1.29 bits per heavy atom. The van der Waals surface area contributed by atoms with Crippen molar-refractivity contribution in [1.29, 1.82) is 0 Å². The molecule has 1 fully saturated rings. The van der Waals surface area contributed by atoms with Crippen LogP contribution in [-0.2, 0) is 13.2 Å². The second-order valence-electron chi connectivity index (χ2n) is 5.65. The van der Waals surface area contributed by atoms with Gasteiger partial charge in [-0.3, -0.25) is 0 Å². The highest BCUT2D eigenvalue weighted by atomic mass is 19.1. The molecule has 1 aromatic carbocycles. The number of rotatable bonds is 6. The van der Waals surface area contributed by atoms with Gasteiger partial charge < -0.3 is 14.5 Å². The van der Waals surface area contributed by atoms with E-state index in [0.29, 0.717) is 18.4 Å². The zero-order valence-electron chi connectivity index (χ0n) is 12.4. The van der Waals surface area contributed by atoms with Gasteiger partial charge in [-0.2, -0.15) is 0 Å². The molecule has 0 spiro atoms. The third kappa shape index (κ3) is 3.64. The van der Waals surface area contributed by atoms with E-state index in [1.54, 1.807) is 6.07 Å². The van der Waals surface area contributed by atoms with Crippen LogP contribution in [0.5, 0.6) is 5.75 Å². The molecule has 3 nitrogen and oxygen atoms in total. The van der Waals surface area contributed by atoms with E-state index in [-0.39, 0.29) is 5.82 Å². The Kier molecular flexibility index (Phi) is 3.97. The van der Waals surface area contributed by atoms with Gasteiger partial charge in [-0.15, -0.1) is 0 Å². The van der Waals surface area contributed by atoms with Crippen LogP contribution in [0.3, 0.4) is 0 Å². The molecule has 1 saturated carbocycles. The minimum Gasteiger partial charge on any atom is -0.485 e. The zero-order chi connectivity index (χ0) is 14.8. The van der Waals surface area contributed by atoms with E-state index < -0.39 is 0 Å². The van der Waals surface area contributed by atoms with Crippen LogP contribution >= 0.6 is 0 Å². The molecule has 1 aliphatic rings. The molecule has 1 aliphatic carbocycles. The number of furan rings is 1. The average Bonchev–Trinajstić information content (AvgIpc) is 3.20. The predicted octanol–water partition coefficient (Wildman–Crippen LogP) is 3.87. The topological polar surface area (TPSA) is 34.4 Å². The molecule has 0 amide bonds. The molecule has 0 bridgehead atoms. The Morgan fingerprint density at radius 3 is 2.81 bits per heavy atom. The van der Waals surface area contributed by atoms with Crippen molar-refractivity contribution in [2.45, 2.75) is 45.9 Å². The van der Waals surface area contributed by atoms with Crippen LogP contribution in [0.4, 0.5) is 4.39 Å². The van der Waals surface area contributed by atoms with Gasteiger partial charge in [-0.25, -0.2) is 4.39 Å². The summed E-state index contributed by atoms with van der Waals surface area (Å²) < 4.78 is 24.5. The van der Waals surface area contributed by atoms with E-state index in [2.05, 4.69) is 5.32 Å². The molecule has 1 aromatic heterocycles. The summed E-state index contributed by atoms with van der Waals surface area (Å²) in [6.07, 6.45) is 2.55. The average molecular weight is 289 g/mol. The lowest BCUT2D eigenvalue weighted by Crippen LogP contribution is -2.15. The minimum absolute atomic E-state index is 0.248. The van der Waals surface area contributed by atoms with Crippen LogP contribution in [0.25, 0.3) is 0 Å². The van der Waals surface area contributed by atoms with E-state index in [1.807, 2.05) is 19.9 Å². The zero-order valence-corrected chi connectivity index (χ0v) is 12.4. The van der Waals surface area contributed by atoms with Gasteiger partial charge in [-0.1, -0.05) is 0 Å². The van der Waals surface area contributed by atoms with Crippen molar-refractivity contribution in [3.8, 4) is 5.75 Å². The van der Waals surface area contributed by atoms with Crippen molar-refractivity contribution in [2.75, 3.05) is 0 Å². The van der Waals surface area contributed by atoms with E-state index in [9.17, 15) is 4.39 Å². The largest absolute Gasteiger partial charge is 0.485 e. The van der Waals surface area contributed by atoms with Crippen molar-refractivity contribution in [1.82, 2.24) is 5.32 Å². The first kappa shape index (κ1) is 14.1. The quantitative estimate of drug-likeness (QED) is 0.876. The Hall–Kier alpha value is -1.81. The normalized spacial score (nSPS) is 14.4. The third-order valence-corrected chi connectivity index (χ3v) is 3.74. The summed E-state index contributed by atoms with van der Waals surface area (Å²) in [6.45, 7) is 5.00. The summed E-state index contributed by atoms with van der Waals surface area (Å²) >= 11 is 0. The molecular formula is C17H20FNO2. The van der Waals surface area contributed by atoms with E-state index in [4.69, 9.17) is 9.15 Å². The van der Waals surface area contributed by atoms with Gasteiger partial charge in [0.05, 0.1) is 0 Å².